The standard InChI is InChI=1S/C8H12ClN3O/c1-6-5-11-8(12-7(6)13)10-4-2-3-9/h5H,2-4H2,1H3,(H2,10,11,12,13). The number of aromatic amines is 1. The van der Waals surface area contributed by atoms with E-state index in [2.05, 4.69) is 15.3 Å². The van der Waals surface area contributed by atoms with Gasteiger partial charge in [0.25, 0.3) is 5.56 Å². The van der Waals surface area contributed by atoms with Crippen molar-refractivity contribution in [2.75, 3.05) is 17.7 Å². The lowest BCUT2D eigenvalue weighted by Gasteiger charge is -2.02. The van der Waals surface area contributed by atoms with Crippen molar-refractivity contribution in [1.82, 2.24) is 9.97 Å². The van der Waals surface area contributed by atoms with Crippen LogP contribution in [-0.2, 0) is 0 Å². The molecular formula is C8H12ClN3O. The molecule has 72 valence electrons. The van der Waals surface area contributed by atoms with Crippen LogP contribution in [0.3, 0.4) is 0 Å². The lowest BCUT2D eigenvalue weighted by molar-refractivity contribution is 0.947. The number of nitrogens with one attached hydrogen (secondary N) is 2. The van der Waals surface area contributed by atoms with Gasteiger partial charge < -0.3 is 5.32 Å². The molecule has 0 saturated heterocycles. The number of anilines is 1. The summed E-state index contributed by atoms with van der Waals surface area (Å²) in [6.07, 6.45) is 2.39. The molecule has 0 fully saturated rings. The number of hydrogen-bond donors (Lipinski definition) is 2. The van der Waals surface area contributed by atoms with Gasteiger partial charge in [0.05, 0.1) is 0 Å². The van der Waals surface area contributed by atoms with Gasteiger partial charge in [0.15, 0.2) is 0 Å². The molecule has 1 aromatic rings. The smallest absolute Gasteiger partial charge is 0.255 e. The Morgan fingerprint density at radius 2 is 2.46 bits per heavy atom. The van der Waals surface area contributed by atoms with Gasteiger partial charge in [0, 0.05) is 24.2 Å². The van der Waals surface area contributed by atoms with Gasteiger partial charge >= 0.3 is 0 Å². The fourth-order valence-corrected chi connectivity index (χ4v) is 0.955. The maximum absolute atomic E-state index is 11.1. The molecule has 0 aromatic carbocycles. The molecule has 0 amide bonds. The second-order valence-electron chi connectivity index (χ2n) is 2.71. The molecule has 13 heavy (non-hydrogen) atoms. The van der Waals surface area contributed by atoms with Gasteiger partial charge in [-0.1, -0.05) is 0 Å². The zero-order valence-electron chi connectivity index (χ0n) is 7.43. The Balaban J connectivity index is 2.58. The van der Waals surface area contributed by atoms with Crippen LogP contribution in [0.2, 0.25) is 0 Å². The molecule has 0 atom stereocenters. The summed E-state index contributed by atoms with van der Waals surface area (Å²) in [5, 5.41) is 2.96. The number of H-pyrrole nitrogens is 1. The summed E-state index contributed by atoms with van der Waals surface area (Å²) in [6, 6.07) is 0. The van der Waals surface area contributed by atoms with E-state index in [0.717, 1.165) is 13.0 Å². The molecule has 1 rings (SSSR count). The number of aryl methyl sites for hydroxylation is 1. The van der Waals surface area contributed by atoms with Gasteiger partial charge in [-0.3, -0.25) is 9.78 Å². The average Bonchev–Trinajstić information content (AvgIpc) is 2.12. The van der Waals surface area contributed by atoms with E-state index in [0.29, 0.717) is 17.4 Å². The second-order valence-corrected chi connectivity index (χ2v) is 3.09. The SMILES string of the molecule is Cc1cnc(NCCCCl)[nH]c1=O. The summed E-state index contributed by atoms with van der Waals surface area (Å²) < 4.78 is 0. The summed E-state index contributed by atoms with van der Waals surface area (Å²) >= 11 is 5.49. The molecule has 0 radical (unpaired) electrons. The third kappa shape index (κ3) is 3.06. The van der Waals surface area contributed by atoms with Gasteiger partial charge in [-0.25, -0.2) is 4.98 Å². The van der Waals surface area contributed by atoms with E-state index in [4.69, 9.17) is 11.6 Å². The first-order chi connectivity index (χ1) is 6.24. The zero-order chi connectivity index (χ0) is 9.68. The minimum absolute atomic E-state index is 0.108. The normalized spacial score (nSPS) is 10.0. The number of rotatable bonds is 4. The van der Waals surface area contributed by atoms with Crippen LogP contribution in [0.1, 0.15) is 12.0 Å². The van der Waals surface area contributed by atoms with Crippen molar-refractivity contribution < 1.29 is 0 Å². The van der Waals surface area contributed by atoms with Gasteiger partial charge in [0.1, 0.15) is 0 Å². The van der Waals surface area contributed by atoms with Gasteiger partial charge in [-0.2, -0.15) is 0 Å². The van der Waals surface area contributed by atoms with Crippen LogP contribution >= 0.6 is 11.6 Å². The summed E-state index contributed by atoms with van der Waals surface area (Å²) in [6.45, 7) is 2.43. The topological polar surface area (TPSA) is 57.8 Å². The molecule has 0 aliphatic carbocycles. The largest absolute Gasteiger partial charge is 0.356 e. The molecular weight excluding hydrogens is 190 g/mol. The van der Waals surface area contributed by atoms with Crippen molar-refractivity contribution in [3.05, 3.63) is 22.1 Å². The molecule has 0 aliphatic heterocycles. The first-order valence-electron chi connectivity index (χ1n) is 4.10. The Bertz CT molecular complexity index is 323. The Labute approximate surface area is 81.3 Å². The summed E-state index contributed by atoms with van der Waals surface area (Å²) in [4.78, 5) is 17.7. The molecule has 0 spiro atoms. The first-order valence-corrected chi connectivity index (χ1v) is 4.63. The molecule has 4 nitrogen and oxygen atoms in total. The van der Waals surface area contributed by atoms with Gasteiger partial charge in [0.2, 0.25) is 5.95 Å². The van der Waals surface area contributed by atoms with E-state index < -0.39 is 0 Å². The van der Waals surface area contributed by atoms with Gasteiger partial charge in [-0.15, -0.1) is 11.6 Å². The Morgan fingerprint density at radius 1 is 1.69 bits per heavy atom. The monoisotopic (exact) mass is 201 g/mol. The number of nitrogens with zero attached hydrogens (tertiary/aromatic N) is 1. The summed E-state index contributed by atoms with van der Waals surface area (Å²) in [5.74, 6) is 1.10. The predicted octanol–water partition coefficient (Wildman–Crippen LogP) is 1.12. The molecule has 0 aliphatic rings. The number of alkyl halides is 1. The predicted molar refractivity (Wildman–Crippen MR) is 53.4 cm³/mol. The van der Waals surface area contributed by atoms with Crippen LogP contribution in [0.5, 0.6) is 0 Å². The highest BCUT2D eigenvalue weighted by Crippen LogP contribution is 1.94. The van der Waals surface area contributed by atoms with Crippen LogP contribution in [0, 0.1) is 6.92 Å². The summed E-state index contributed by atoms with van der Waals surface area (Å²) in [7, 11) is 0. The maximum Gasteiger partial charge on any atom is 0.255 e. The third-order valence-corrected chi connectivity index (χ3v) is 1.85. The fourth-order valence-electron chi connectivity index (χ4n) is 0.822. The highest BCUT2D eigenvalue weighted by atomic mass is 35.5. The summed E-state index contributed by atoms with van der Waals surface area (Å²) in [5.41, 5.74) is 0.506. The van der Waals surface area contributed by atoms with Crippen molar-refractivity contribution >= 4 is 17.5 Å². The number of hydrogen-bond acceptors (Lipinski definition) is 3. The minimum atomic E-state index is -0.108. The van der Waals surface area contributed by atoms with Crippen LogP contribution in [0.15, 0.2) is 11.0 Å². The van der Waals surface area contributed by atoms with Crippen molar-refractivity contribution in [2.45, 2.75) is 13.3 Å². The molecule has 5 heteroatoms. The fraction of sp³-hybridized carbons (Fsp3) is 0.500. The van der Waals surface area contributed by atoms with Gasteiger partial charge in [-0.05, 0) is 13.3 Å². The van der Waals surface area contributed by atoms with E-state index in [1.54, 1.807) is 13.1 Å². The first kappa shape index (κ1) is 10.1. The Hall–Kier alpha value is -1.03. The van der Waals surface area contributed by atoms with Crippen LogP contribution in [0.4, 0.5) is 5.95 Å². The lowest BCUT2D eigenvalue weighted by atomic mass is 10.4. The van der Waals surface area contributed by atoms with E-state index in [9.17, 15) is 4.79 Å². The molecule has 0 unspecified atom stereocenters. The van der Waals surface area contributed by atoms with E-state index in [1.807, 2.05) is 0 Å². The zero-order valence-corrected chi connectivity index (χ0v) is 8.19. The second kappa shape index (κ2) is 4.87. The highest BCUT2D eigenvalue weighted by molar-refractivity contribution is 6.17. The average molecular weight is 202 g/mol. The van der Waals surface area contributed by atoms with Crippen LogP contribution < -0.4 is 10.9 Å². The number of halogens is 1. The lowest BCUT2D eigenvalue weighted by Crippen LogP contribution is -2.15. The van der Waals surface area contributed by atoms with Crippen molar-refractivity contribution in [1.29, 1.82) is 0 Å². The molecule has 0 bridgehead atoms. The quantitative estimate of drug-likeness (QED) is 0.567. The molecule has 2 N–H and O–H groups in total. The molecule has 0 saturated carbocycles. The third-order valence-electron chi connectivity index (χ3n) is 1.58. The highest BCUT2D eigenvalue weighted by Gasteiger charge is 1.96. The minimum Gasteiger partial charge on any atom is -0.356 e. The van der Waals surface area contributed by atoms with Crippen molar-refractivity contribution in [2.24, 2.45) is 0 Å². The Kier molecular flexibility index (Phi) is 3.76. The Morgan fingerprint density at radius 3 is 3.08 bits per heavy atom. The van der Waals surface area contributed by atoms with Crippen LogP contribution in [0.25, 0.3) is 0 Å². The molecule has 1 heterocycles. The van der Waals surface area contributed by atoms with Crippen molar-refractivity contribution in [3.8, 4) is 0 Å². The van der Waals surface area contributed by atoms with E-state index in [1.165, 1.54) is 0 Å². The van der Waals surface area contributed by atoms with E-state index in [-0.39, 0.29) is 5.56 Å². The number of aromatic nitrogens is 2. The van der Waals surface area contributed by atoms with Crippen LogP contribution in [-0.4, -0.2) is 22.4 Å². The van der Waals surface area contributed by atoms with Crippen molar-refractivity contribution in [3.63, 3.8) is 0 Å². The molecule has 1 aromatic heterocycles. The van der Waals surface area contributed by atoms with E-state index >= 15 is 0 Å². The maximum atomic E-state index is 11.1.